The van der Waals surface area contributed by atoms with Crippen LogP contribution in [0.4, 0.5) is 0 Å². The molecule has 0 spiro atoms. The number of aliphatic hydroxyl groups is 1. The van der Waals surface area contributed by atoms with Gasteiger partial charge in [-0.15, -0.1) is 11.8 Å². The Bertz CT molecular complexity index is 61.1. The maximum Gasteiger partial charge on any atom is 0.0476 e. The van der Waals surface area contributed by atoms with Gasteiger partial charge in [-0.2, -0.15) is 0 Å². The molecule has 42 valence electrons. The summed E-state index contributed by atoms with van der Waals surface area (Å²) < 4.78 is 0. The molecule has 0 heterocycles. The molecule has 0 aliphatic carbocycles. The van der Waals surface area contributed by atoms with Crippen molar-refractivity contribution < 1.29 is 5.11 Å². The van der Waals surface area contributed by atoms with Gasteiger partial charge in [0.1, 0.15) is 0 Å². The molecule has 0 unspecified atom stereocenters. The third-order valence-electron chi connectivity index (χ3n) is 0.679. The van der Waals surface area contributed by atoms with E-state index in [4.69, 9.17) is 5.11 Å². The lowest BCUT2D eigenvalue weighted by atomic mass is 10.5. The van der Waals surface area contributed by atoms with Crippen molar-refractivity contribution in [1.82, 2.24) is 0 Å². The maximum absolute atomic E-state index is 8.29. The average molecular weight is 118 g/mol. The van der Waals surface area contributed by atoms with Crippen molar-refractivity contribution in [3.63, 3.8) is 0 Å². The minimum Gasteiger partial charge on any atom is -0.396 e. The van der Waals surface area contributed by atoms with Gasteiger partial charge in [0.2, 0.25) is 0 Å². The fourth-order valence-corrected chi connectivity index (χ4v) is 0.522. The lowest BCUT2D eigenvalue weighted by Gasteiger charge is -1.93. The number of aliphatic hydroxyl groups excluding tert-OH is 1. The Morgan fingerprint density at radius 2 is 2.43 bits per heavy atom. The summed E-state index contributed by atoms with van der Waals surface area (Å²) in [5.41, 5.74) is 0. The average Bonchev–Trinajstić information content (AvgIpc) is 1.68. The Kier molecular flexibility index (Phi) is 4.25. The molecule has 0 aliphatic heterocycles. The van der Waals surface area contributed by atoms with Crippen molar-refractivity contribution in [1.29, 1.82) is 0 Å². The Hall–Kier alpha value is 0.0500. The second kappa shape index (κ2) is 4.22. The first kappa shape index (κ1) is 7.05. The molecule has 0 aromatic rings. The molecule has 0 aromatic carbocycles. The van der Waals surface area contributed by atoms with E-state index in [9.17, 15) is 0 Å². The monoisotopic (exact) mass is 118 g/mol. The number of rotatable bonds is 3. The first-order valence-electron chi connectivity index (χ1n) is 2.14. The zero-order valence-electron chi connectivity index (χ0n) is 4.48. The van der Waals surface area contributed by atoms with Crippen molar-refractivity contribution in [3.05, 3.63) is 11.5 Å². The Labute approximate surface area is 48.4 Å². The quantitative estimate of drug-likeness (QED) is 0.601. The second-order valence-corrected chi connectivity index (χ2v) is 2.20. The summed E-state index contributed by atoms with van der Waals surface area (Å²) in [6.07, 6.45) is 2.68. The molecule has 1 nitrogen and oxygen atoms in total. The summed E-state index contributed by atoms with van der Waals surface area (Å²) in [5, 5.41) is 8.29. The van der Waals surface area contributed by atoms with Crippen LogP contribution in [0.25, 0.3) is 0 Å². The van der Waals surface area contributed by atoms with Crippen molar-refractivity contribution in [2.24, 2.45) is 0 Å². The van der Waals surface area contributed by atoms with Crippen LogP contribution in [-0.4, -0.2) is 18.0 Å². The van der Waals surface area contributed by atoms with Gasteiger partial charge in [0.05, 0.1) is 0 Å². The van der Waals surface area contributed by atoms with Crippen molar-refractivity contribution in [3.8, 4) is 0 Å². The van der Waals surface area contributed by atoms with Crippen LogP contribution in [-0.2, 0) is 0 Å². The molecule has 0 aliphatic rings. The third-order valence-corrected chi connectivity index (χ3v) is 1.46. The van der Waals surface area contributed by atoms with E-state index in [-0.39, 0.29) is 6.61 Å². The third kappa shape index (κ3) is 3.89. The molecule has 0 amide bonds. The molecule has 0 atom stereocenters. The number of hydrogen-bond donors (Lipinski definition) is 1. The topological polar surface area (TPSA) is 20.2 Å². The molecule has 0 fully saturated rings. The van der Waals surface area contributed by atoms with Gasteiger partial charge in [-0.1, -0.05) is 6.58 Å². The summed E-state index contributed by atoms with van der Waals surface area (Å²) >= 11 is 1.59. The molecular weight excluding hydrogens is 108 g/mol. The fourth-order valence-electron chi connectivity index (χ4n) is 0.227. The van der Waals surface area contributed by atoms with Gasteiger partial charge in [0, 0.05) is 13.0 Å². The Morgan fingerprint density at radius 3 is 2.57 bits per heavy atom. The summed E-state index contributed by atoms with van der Waals surface area (Å²) in [5.74, 6) is 0. The van der Waals surface area contributed by atoms with E-state index in [1.165, 1.54) is 0 Å². The first-order valence-corrected chi connectivity index (χ1v) is 3.36. The van der Waals surface area contributed by atoms with Gasteiger partial charge < -0.3 is 5.11 Å². The predicted octanol–water partition coefficient (Wildman–Crippen LogP) is 1.25. The molecule has 0 radical (unpaired) electrons. The van der Waals surface area contributed by atoms with Crippen molar-refractivity contribution in [2.75, 3.05) is 12.9 Å². The Morgan fingerprint density at radius 1 is 1.86 bits per heavy atom. The van der Waals surface area contributed by atoms with E-state index in [0.717, 1.165) is 11.3 Å². The highest BCUT2D eigenvalue weighted by Gasteiger charge is 1.85. The van der Waals surface area contributed by atoms with Crippen molar-refractivity contribution >= 4 is 11.8 Å². The number of hydrogen-bond acceptors (Lipinski definition) is 2. The van der Waals surface area contributed by atoms with Crippen LogP contribution in [0.5, 0.6) is 0 Å². The van der Waals surface area contributed by atoms with Crippen molar-refractivity contribution in [2.45, 2.75) is 6.42 Å². The van der Waals surface area contributed by atoms with Crippen LogP contribution in [0.3, 0.4) is 0 Å². The molecule has 0 saturated heterocycles. The highest BCUT2D eigenvalue weighted by Crippen LogP contribution is 2.10. The molecule has 0 saturated carbocycles. The van der Waals surface area contributed by atoms with E-state index >= 15 is 0 Å². The normalized spacial score (nSPS) is 8.86. The predicted molar refractivity (Wildman–Crippen MR) is 34.4 cm³/mol. The molecule has 0 rings (SSSR count). The molecular formula is C5H10OS. The molecule has 0 aromatic heterocycles. The summed E-state index contributed by atoms with van der Waals surface area (Å²) in [4.78, 5) is 1.04. The summed E-state index contributed by atoms with van der Waals surface area (Å²) in [7, 11) is 0. The minimum absolute atomic E-state index is 0.222. The van der Waals surface area contributed by atoms with Crippen LogP contribution in [0.15, 0.2) is 11.5 Å². The fraction of sp³-hybridized carbons (Fsp3) is 0.600. The number of thioether (sulfide) groups is 1. The molecule has 0 bridgehead atoms. The van der Waals surface area contributed by atoms with E-state index < -0.39 is 0 Å². The van der Waals surface area contributed by atoms with Gasteiger partial charge in [0.25, 0.3) is 0 Å². The van der Waals surface area contributed by atoms with Gasteiger partial charge >= 0.3 is 0 Å². The van der Waals surface area contributed by atoms with Gasteiger partial charge in [-0.25, -0.2) is 0 Å². The van der Waals surface area contributed by atoms with Crippen LogP contribution < -0.4 is 0 Å². The lowest BCUT2D eigenvalue weighted by molar-refractivity contribution is 0.302. The van der Waals surface area contributed by atoms with E-state index in [0.29, 0.717) is 0 Å². The molecule has 1 N–H and O–H groups in total. The van der Waals surface area contributed by atoms with E-state index in [1.807, 2.05) is 6.26 Å². The zero-order valence-corrected chi connectivity index (χ0v) is 5.29. The van der Waals surface area contributed by atoms with Crippen LogP contribution in [0, 0.1) is 0 Å². The lowest BCUT2D eigenvalue weighted by Crippen LogP contribution is -1.80. The minimum atomic E-state index is 0.222. The maximum atomic E-state index is 8.29. The highest BCUT2D eigenvalue weighted by atomic mass is 32.2. The van der Waals surface area contributed by atoms with Crippen LogP contribution in [0.2, 0.25) is 0 Å². The van der Waals surface area contributed by atoms with Gasteiger partial charge in [-0.05, 0) is 11.2 Å². The molecule has 7 heavy (non-hydrogen) atoms. The SMILES string of the molecule is C=C(CCO)SC. The highest BCUT2D eigenvalue weighted by molar-refractivity contribution is 8.02. The smallest absolute Gasteiger partial charge is 0.0476 e. The standard InChI is InChI=1S/C5H10OS/c1-5(7-2)3-4-6/h6H,1,3-4H2,2H3. The first-order chi connectivity index (χ1) is 3.31. The largest absolute Gasteiger partial charge is 0.396 e. The van der Waals surface area contributed by atoms with E-state index in [1.54, 1.807) is 11.8 Å². The summed E-state index contributed by atoms with van der Waals surface area (Å²) in [6.45, 7) is 3.89. The Balaban J connectivity index is 3.00. The van der Waals surface area contributed by atoms with Crippen LogP contribution >= 0.6 is 11.8 Å². The van der Waals surface area contributed by atoms with E-state index in [2.05, 4.69) is 6.58 Å². The van der Waals surface area contributed by atoms with Crippen LogP contribution in [0.1, 0.15) is 6.42 Å². The molecule has 2 heteroatoms. The van der Waals surface area contributed by atoms with Gasteiger partial charge in [0.15, 0.2) is 0 Å². The van der Waals surface area contributed by atoms with Gasteiger partial charge in [-0.3, -0.25) is 0 Å². The second-order valence-electron chi connectivity index (χ2n) is 1.22. The zero-order chi connectivity index (χ0) is 5.70. The summed E-state index contributed by atoms with van der Waals surface area (Å²) in [6, 6.07) is 0.